The van der Waals surface area contributed by atoms with Crippen molar-refractivity contribution < 1.29 is 28.7 Å². The summed E-state index contributed by atoms with van der Waals surface area (Å²) < 4.78 is 5.06. The molecule has 1 fully saturated rings. The molecule has 33 heavy (non-hydrogen) atoms. The van der Waals surface area contributed by atoms with Crippen LogP contribution >= 0.6 is 0 Å². The maximum atomic E-state index is 12.6. The van der Waals surface area contributed by atoms with Crippen LogP contribution in [-0.4, -0.2) is 54.2 Å². The Morgan fingerprint density at radius 1 is 1.00 bits per heavy atom. The molecule has 2 aromatic carbocycles. The van der Waals surface area contributed by atoms with Crippen LogP contribution in [-0.2, 0) is 9.53 Å². The zero-order chi connectivity index (χ0) is 23.5. The summed E-state index contributed by atoms with van der Waals surface area (Å²) >= 11 is 0. The highest BCUT2D eigenvalue weighted by molar-refractivity contribution is 6.21. The number of nitrogens with zero attached hydrogens (tertiary/aromatic N) is 1. The number of para-hydroxylation sites is 1. The van der Waals surface area contributed by atoms with Gasteiger partial charge in [0.15, 0.2) is 6.61 Å². The van der Waals surface area contributed by atoms with Crippen molar-refractivity contribution in [1.29, 1.82) is 0 Å². The number of fused-ring (bicyclic) bond motifs is 1. The average molecular weight is 449 g/mol. The standard InChI is InChI=1S/C24H23N3O6/c1-27-22(30)16-11-10-14(12-18(16)23(27)31)24(32)33-13-20(28)26-19-9-5-4-8-17(19)21(29)25-15-6-2-3-7-15/h4-5,8-12,15H,2-3,6-7,13H2,1H3,(H,25,29)(H,26,28). The minimum atomic E-state index is -0.810. The van der Waals surface area contributed by atoms with Gasteiger partial charge in [-0.2, -0.15) is 0 Å². The van der Waals surface area contributed by atoms with Crippen LogP contribution in [0.3, 0.4) is 0 Å². The van der Waals surface area contributed by atoms with Gasteiger partial charge in [-0.05, 0) is 43.2 Å². The van der Waals surface area contributed by atoms with Gasteiger partial charge in [-0.15, -0.1) is 0 Å². The van der Waals surface area contributed by atoms with Crippen molar-refractivity contribution >= 4 is 35.3 Å². The maximum Gasteiger partial charge on any atom is 0.338 e. The van der Waals surface area contributed by atoms with Gasteiger partial charge in [0.2, 0.25) is 0 Å². The third-order valence-electron chi connectivity index (χ3n) is 5.80. The molecule has 170 valence electrons. The smallest absolute Gasteiger partial charge is 0.338 e. The Morgan fingerprint density at radius 3 is 2.45 bits per heavy atom. The monoisotopic (exact) mass is 449 g/mol. The molecule has 1 heterocycles. The number of carbonyl (C=O) groups is 5. The molecular formula is C24H23N3O6. The number of ether oxygens (including phenoxy) is 1. The summed E-state index contributed by atoms with van der Waals surface area (Å²) in [5.74, 6) is -2.64. The summed E-state index contributed by atoms with van der Waals surface area (Å²) in [6, 6.07) is 10.8. The average Bonchev–Trinajstić information content (AvgIpc) is 3.40. The molecule has 0 atom stereocenters. The lowest BCUT2D eigenvalue weighted by atomic mass is 10.1. The van der Waals surface area contributed by atoms with E-state index in [0.29, 0.717) is 11.3 Å². The number of hydrogen-bond donors (Lipinski definition) is 2. The molecule has 2 aromatic rings. The van der Waals surface area contributed by atoms with Gasteiger partial charge < -0.3 is 15.4 Å². The van der Waals surface area contributed by atoms with E-state index in [1.54, 1.807) is 24.3 Å². The molecule has 4 amide bonds. The zero-order valence-corrected chi connectivity index (χ0v) is 18.1. The second kappa shape index (κ2) is 9.23. The van der Waals surface area contributed by atoms with E-state index in [4.69, 9.17) is 4.74 Å². The van der Waals surface area contributed by atoms with Crippen LogP contribution in [0.25, 0.3) is 0 Å². The van der Waals surface area contributed by atoms with Crippen LogP contribution in [0.1, 0.15) is 67.1 Å². The zero-order valence-electron chi connectivity index (χ0n) is 18.1. The molecule has 2 N–H and O–H groups in total. The normalized spacial score (nSPS) is 15.4. The quantitative estimate of drug-likeness (QED) is 0.516. The molecule has 0 saturated heterocycles. The first-order valence-electron chi connectivity index (χ1n) is 10.7. The molecule has 9 nitrogen and oxygen atoms in total. The summed E-state index contributed by atoms with van der Waals surface area (Å²) in [5.41, 5.74) is 1.02. The largest absolute Gasteiger partial charge is 0.452 e. The highest BCUT2D eigenvalue weighted by Gasteiger charge is 2.33. The van der Waals surface area contributed by atoms with Crippen molar-refractivity contribution in [2.45, 2.75) is 31.7 Å². The van der Waals surface area contributed by atoms with Crippen LogP contribution in [0.4, 0.5) is 5.69 Å². The van der Waals surface area contributed by atoms with Crippen LogP contribution in [0.5, 0.6) is 0 Å². The fraction of sp³-hybridized carbons (Fsp3) is 0.292. The van der Waals surface area contributed by atoms with E-state index in [-0.39, 0.29) is 28.6 Å². The highest BCUT2D eigenvalue weighted by atomic mass is 16.5. The number of esters is 1. The number of nitrogens with one attached hydrogen (secondary N) is 2. The topological polar surface area (TPSA) is 122 Å². The fourth-order valence-corrected chi connectivity index (χ4v) is 4.01. The Balaban J connectivity index is 1.37. The number of rotatable bonds is 6. The van der Waals surface area contributed by atoms with Gasteiger partial charge in [-0.1, -0.05) is 25.0 Å². The summed E-state index contributed by atoms with van der Waals surface area (Å²) in [6.07, 6.45) is 4.05. The van der Waals surface area contributed by atoms with Gasteiger partial charge in [0, 0.05) is 13.1 Å². The van der Waals surface area contributed by atoms with Crippen LogP contribution in [0.15, 0.2) is 42.5 Å². The van der Waals surface area contributed by atoms with Crippen LogP contribution in [0.2, 0.25) is 0 Å². The van der Waals surface area contributed by atoms with Crippen LogP contribution < -0.4 is 10.6 Å². The van der Waals surface area contributed by atoms with Gasteiger partial charge in [-0.3, -0.25) is 24.1 Å². The second-order valence-electron chi connectivity index (χ2n) is 8.05. The van der Waals surface area contributed by atoms with Crippen molar-refractivity contribution in [3.8, 4) is 0 Å². The van der Waals surface area contributed by atoms with Gasteiger partial charge in [0.1, 0.15) is 0 Å². The van der Waals surface area contributed by atoms with Crippen molar-refractivity contribution in [2.24, 2.45) is 0 Å². The number of benzene rings is 2. The predicted molar refractivity (Wildman–Crippen MR) is 118 cm³/mol. The molecule has 0 bridgehead atoms. The Labute approximate surface area is 190 Å². The van der Waals surface area contributed by atoms with Gasteiger partial charge in [0.25, 0.3) is 23.6 Å². The second-order valence-corrected chi connectivity index (χ2v) is 8.05. The lowest BCUT2D eigenvalue weighted by molar-refractivity contribution is -0.119. The number of carbonyl (C=O) groups excluding carboxylic acids is 5. The summed E-state index contributed by atoms with van der Waals surface area (Å²) in [7, 11) is 1.36. The maximum absolute atomic E-state index is 12.6. The van der Waals surface area contributed by atoms with Crippen molar-refractivity contribution in [1.82, 2.24) is 10.2 Å². The highest BCUT2D eigenvalue weighted by Crippen LogP contribution is 2.23. The number of imide groups is 1. The van der Waals surface area contributed by atoms with E-state index in [0.717, 1.165) is 30.6 Å². The fourth-order valence-electron chi connectivity index (χ4n) is 4.01. The molecule has 9 heteroatoms. The molecule has 1 saturated carbocycles. The van der Waals surface area contributed by atoms with E-state index in [1.807, 2.05) is 0 Å². The molecule has 0 unspecified atom stereocenters. The minimum Gasteiger partial charge on any atom is -0.452 e. The molecule has 1 aliphatic carbocycles. The third-order valence-corrected chi connectivity index (χ3v) is 5.80. The SMILES string of the molecule is CN1C(=O)c2ccc(C(=O)OCC(=O)Nc3ccccc3C(=O)NC3CCCC3)cc2C1=O. The van der Waals surface area contributed by atoms with E-state index in [1.165, 1.54) is 25.2 Å². The minimum absolute atomic E-state index is 0.0503. The van der Waals surface area contributed by atoms with Crippen molar-refractivity contribution in [3.63, 3.8) is 0 Å². The predicted octanol–water partition coefficient (Wildman–Crippen LogP) is 2.38. The summed E-state index contributed by atoms with van der Waals surface area (Å²) in [4.78, 5) is 62.4. The first-order chi connectivity index (χ1) is 15.8. The Morgan fingerprint density at radius 2 is 1.70 bits per heavy atom. The molecule has 2 aliphatic rings. The lowest BCUT2D eigenvalue weighted by Crippen LogP contribution is -2.33. The molecule has 0 radical (unpaired) electrons. The summed E-state index contributed by atoms with van der Waals surface area (Å²) in [6.45, 7) is -0.582. The van der Waals surface area contributed by atoms with Crippen molar-refractivity contribution in [3.05, 3.63) is 64.7 Å². The van der Waals surface area contributed by atoms with Gasteiger partial charge in [-0.25, -0.2) is 4.79 Å². The van der Waals surface area contributed by atoms with Crippen molar-refractivity contribution in [2.75, 3.05) is 19.0 Å². The third kappa shape index (κ3) is 4.62. The Kier molecular flexibility index (Phi) is 6.21. The van der Waals surface area contributed by atoms with Crippen LogP contribution in [0, 0.1) is 0 Å². The van der Waals surface area contributed by atoms with E-state index >= 15 is 0 Å². The molecule has 0 spiro atoms. The molecule has 4 rings (SSSR count). The number of amides is 4. The van der Waals surface area contributed by atoms with Gasteiger partial charge in [0.05, 0.1) is 27.9 Å². The number of anilines is 1. The Hall–Kier alpha value is -4.01. The molecule has 1 aliphatic heterocycles. The van der Waals surface area contributed by atoms with Gasteiger partial charge >= 0.3 is 5.97 Å². The lowest BCUT2D eigenvalue weighted by Gasteiger charge is -2.15. The summed E-state index contributed by atoms with van der Waals surface area (Å²) in [5, 5.41) is 5.58. The van der Waals surface area contributed by atoms with E-state index in [2.05, 4.69) is 10.6 Å². The molecular weight excluding hydrogens is 426 g/mol. The first kappa shape index (κ1) is 22.2. The molecule has 0 aromatic heterocycles. The van der Waals surface area contributed by atoms with E-state index < -0.39 is 30.3 Å². The van der Waals surface area contributed by atoms with E-state index in [9.17, 15) is 24.0 Å². The number of hydrogen-bond acceptors (Lipinski definition) is 6. The Bertz CT molecular complexity index is 1150. The first-order valence-corrected chi connectivity index (χ1v) is 10.7.